The zero-order valence-corrected chi connectivity index (χ0v) is 7.80. The highest BCUT2D eigenvalue weighted by Crippen LogP contribution is 2.00. The standard InChI is InChI=1S/C7H9NO4S/c1-13(10,11)8-7(9)5-6-3-2-4-12-6/h2-4H,5H2,1H3,(H,8,9). The Morgan fingerprint density at radius 2 is 2.31 bits per heavy atom. The van der Waals surface area contributed by atoms with Gasteiger partial charge in [-0.1, -0.05) is 0 Å². The van der Waals surface area contributed by atoms with Gasteiger partial charge in [0.05, 0.1) is 18.9 Å². The minimum absolute atomic E-state index is 0.0694. The first-order valence-corrected chi connectivity index (χ1v) is 5.39. The van der Waals surface area contributed by atoms with Crippen LogP contribution in [0.5, 0.6) is 0 Å². The smallest absolute Gasteiger partial charge is 0.241 e. The third-order valence-electron chi connectivity index (χ3n) is 1.21. The third-order valence-corrected chi connectivity index (χ3v) is 1.81. The lowest BCUT2D eigenvalue weighted by Gasteiger charge is -1.99. The van der Waals surface area contributed by atoms with Gasteiger partial charge in [-0.15, -0.1) is 0 Å². The molecule has 0 aliphatic carbocycles. The number of nitrogens with one attached hydrogen (secondary N) is 1. The zero-order chi connectivity index (χ0) is 9.90. The van der Waals surface area contributed by atoms with E-state index in [9.17, 15) is 13.2 Å². The molecule has 1 N–H and O–H groups in total. The van der Waals surface area contributed by atoms with E-state index < -0.39 is 15.9 Å². The third kappa shape index (κ3) is 3.75. The molecule has 0 spiro atoms. The lowest BCUT2D eigenvalue weighted by molar-refractivity contribution is -0.118. The molecule has 0 unspecified atom stereocenters. The van der Waals surface area contributed by atoms with Gasteiger partial charge in [0, 0.05) is 0 Å². The van der Waals surface area contributed by atoms with Crippen molar-refractivity contribution in [3.8, 4) is 0 Å². The summed E-state index contributed by atoms with van der Waals surface area (Å²) in [5.74, 6) is -0.168. The molecule has 72 valence electrons. The number of carbonyl (C=O) groups is 1. The lowest BCUT2D eigenvalue weighted by Crippen LogP contribution is -2.30. The van der Waals surface area contributed by atoms with E-state index in [1.54, 1.807) is 12.1 Å². The summed E-state index contributed by atoms with van der Waals surface area (Å²) in [6, 6.07) is 3.23. The summed E-state index contributed by atoms with van der Waals surface area (Å²) in [5.41, 5.74) is 0. The molecule has 0 bridgehead atoms. The van der Waals surface area contributed by atoms with Gasteiger partial charge in [-0.3, -0.25) is 9.52 Å². The summed E-state index contributed by atoms with van der Waals surface area (Å²) in [5, 5.41) is 0. The van der Waals surface area contributed by atoms with Crippen LogP contribution in [-0.4, -0.2) is 20.6 Å². The summed E-state index contributed by atoms with van der Waals surface area (Å²) in [7, 11) is -3.47. The van der Waals surface area contributed by atoms with Gasteiger partial charge in [-0.25, -0.2) is 8.42 Å². The Morgan fingerprint density at radius 3 is 2.77 bits per heavy atom. The minimum Gasteiger partial charge on any atom is -0.469 e. The summed E-state index contributed by atoms with van der Waals surface area (Å²) in [6.45, 7) is 0. The molecule has 5 nitrogen and oxygen atoms in total. The van der Waals surface area contributed by atoms with Crippen LogP contribution in [0.25, 0.3) is 0 Å². The van der Waals surface area contributed by atoms with Crippen molar-refractivity contribution in [2.45, 2.75) is 6.42 Å². The van der Waals surface area contributed by atoms with E-state index in [1.807, 2.05) is 4.72 Å². The number of furan rings is 1. The summed E-state index contributed by atoms with van der Waals surface area (Å²) in [4.78, 5) is 11.0. The SMILES string of the molecule is CS(=O)(=O)NC(=O)Cc1ccco1. The Hall–Kier alpha value is -1.30. The van der Waals surface area contributed by atoms with Gasteiger partial charge < -0.3 is 4.42 Å². The van der Waals surface area contributed by atoms with Crippen molar-refractivity contribution in [2.75, 3.05) is 6.26 Å². The molecule has 1 amide bonds. The Kier molecular flexibility index (Phi) is 2.72. The number of rotatable bonds is 3. The van der Waals surface area contributed by atoms with Crippen molar-refractivity contribution >= 4 is 15.9 Å². The van der Waals surface area contributed by atoms with Crippen LogP contribution in [0, 0.1) is 0 Å². The van der Waals surface area contributed by atoms with Gasteiger partial charge in [0.25, 0.3) is 0 Å². The zero-order valence-electron chi connectivity index (χ0n) is 6.98. The maximum Gasteiger partial charge on any atom is 0.241 e. The minimum atomic E-state index is -3.47. The molecule has 0 saturated carbocycles. The molecule has 0 fully saturated rings. The lowest BCUT2D eigenvalue weighted by atomic mass is 10.3. The first-order chi connectivity index (χ1) is 5.97. The van der Waals surface area contributed by atoms with Crippen LogP contribution >= 0.6 is 0 Å². The van der Waals surface area contributed by atoms with Gasteiger partial charge >= 0.3 is 0 Å². The van der Waals surface area contributed by atoms with Crippen LogP contribution < -0.4 is 4.72 Å². The maximum atomic E-state index is 11.0. The number of carbonyl (C=O) groups excluding carboxylic acids is 1. The molecular weight excluding hydrogens is 194 g/mol. The Labute approximate surface area is 75.8 Å². The average molecular weight is 203 g/mol. The Balaban J connectivity index is 2.53. The van der Waals surface area contributed by atoms with Crippen molar-refractivity contribution in [3.63, 3.8) is 0 Å². The highest BCUT2D eigenvalue weighted by Gasteiger charge is 2.09. The van der Waals surface area contributed by atoms with Gasteiger partial charge in [0.1, 0.15) is 5.76 Å². The Bertz CT molecular complexity index is 379. The van der Waals surface area contributed by atoms with Crippen molar-refractivity contribution in [3.05, 3.63) is 24.2 Å². The molecule has 6 heteroatoms. The monoisotopic (exact) mass is 203 g/mol. The van der Waals surface area contributed by atoms with Crippen molar-refractivity contribution in [2.24, 2.45) is 0 Å². The molecule has 1 rings (SSSR count). The van der Waals surface area contributed by atoms with E-state index in [0.29, 0.717) is 5.76 Å². The summed E-state index contributed by atoms with van der Waals surface area (Å²) < 4.78 is 27.9. The molecule has 1 heterocycles. The topological polar surface area (TPSA) is 76.4 Å². The fourth-order valence-corrected chi connectivity index (χ4v) is 1.30. The number of sulfonamides is 1. The highest BCUT2D eigenvalue weighted by molar-refractivity contribution is 7.89. The molecule has 0 saturated heterocycles. The fraction of sp³-hybridized carbons (Fsp3) is 0.286. The van der Waals surface area contributed by atoms with E-state index in [-0.39, 0.29) is 6.42 Å². The molecule has 0 aromatic carbocycles. The molecule has 13 heavy (non-hydrogen) atoms. The molecular formula is C7H9NO4S. The van der Waals surface area contributed by atoms with Crippen LogP contribution in [0.4, 0.5) is 0 Å². The van der Waals surface area contributed by atoms with E-state index in [2.05, 4.69) is 0 Å². The number of hydrogen-bond acceptors (Lipinski definition) is 4. The van der Waals surface area contributed by atoms with Crippen LogP contribution in [0.2, 0.25) is 0 Å². The van der Waals surface area contributed by atoms with Gasteiger partial charge in [-0.05, 0) is 12.1 Å². The number of amides is 1. The Morgan fingerprint density at radius 1 is 1.62 bits per heavy atom. The fourth-order valence-electron chi connectivity index (χ4n) is 0.814. The number of hydrogen-bond donors (Lipinski definition) is 1. The molecule has 0 radical (unpaired) electrons. The van der Waals surface area contributed by atoms with E-state index in [4.69, 9.17) is 4.42 Å². The van der Waals surface area contributed by atoms with Crippen LogP contribution in [0.1, 0.15) is 5.76 Å². The predicted molar refractivity (Wildman–Crippen MR) is 45.4 cm³/mol. The molecule has 0 aliphatic heterocycles. The van der Waals surface area contributed by atoms with Gasteiger partial charge in [0.15, 0.2) is 0 Å². The van der Waals surface area contributed by atoms with Crippen LogP contribution in [0.15, 0.2) is 22.8 Å². The first-order valence-electron chi connectivity index (χ1n) is 3.50. The first kappa shape index (κ1) is 9.79. The second-order valence-electron chi connectivity index (χ2n) is 2.55. The van der Waals surface area contributed by atoms with Crippen molar-refractivity contribution in [1.82, 2.24) is 4.72 Å². The molecule has 0 atom stereocenters. The molecule has 1 aromatic heterocycles. The van der Waals surface area contributed by atoms with E-state index in [1.165, 1.54) is 6.26 Å². The molecule has 1 aromatic rings. The average Bonchev–Trinajstić information content (AvgIpc) is 2.34. The second-order valence-corrected chi connectivity index (χ2v) is 4.30. The van der Waals surface area contributed by atoms with Gasteiger partial charge in [0.2, 0.25) is 15.9 Å². The highest BCUT2D eigenvalue weighted by atomic mass is 32.2. The van der Waals surface area contributed by atoms with Crippen LogP contribution in [-0.2, 0) is 21.2 Å². The summed E-state index contributed by atoms with van der Waals surface area (Å²) >= 11 is 0. The van der Waals surface area contributed by atoms with E-state index in [0.717, 1.165) is 6.26 Å². The summed E-state index contributed by atoms with van der Waals surface area (Å²) in [6.07, 6.45) is 2.27. The normalized spacial score (nSPS) is 11.2. The molecule has 0 aliphatic rings. The van der Waals surface area contributed by atoms with Crippen molar-refractivity contribution < 1.29 is 17.6 Å². The van der Waals surface area contributed by atoms with E-state index >= 15 is 0 Å². The quantitative estimate of drug-likeness (QED) is 0.744. The van der Waals surface area contributed by atoms with Crippen LogP contribution in [0.3, 0.4) is 0 Å². The predicted octanol–water partition coefficient (Wildman–Crippen LogP) is -0.102. The maximum absolute atomic E-state index is 11.0. The van der Waals surface area contributed by atoms with Gasteiger partial charge in [-0.2, -0.15) is 0 Å². The largest absolute Gasteiger partial charge is 0.469 e. The van der Waals surface area contributed by atoms with Crippen molar-refractivity contribution in [1.29, 1.82) is 0 Å². The second kappa shape index (κ2) is 3.61.